The number of nitrogens with one attached hydrogen (secondary N) is 1. The van der Waals surface area contributed by atoms with Crippen molar-refractivity contribution in [3.8, 4) is 5.75 Å². The molecule has 0 bridgehead atoms. The molecule has 4 nitrogen and oxygen atoms in total. The number of esters is 1. The summed E-state index contributed by atoms with van der Waals surface area (Å²) < 4.78 is 20.9. The van der Waals surface area contributed by atoms with Crippen LogP contribution in [0, 0.1) is 5.82 Å². The fraction of sp³-hybridized carbons (Fsp3) is 0.0714. The maximum Gasteiger partial charge on any atom is 0.341 e. The van der Waals surface area contributed by atoms with E-state index in [4.69, 9.17) is 11.6 Å². The maximum atomic E-state index is 13.5. The summed E-state index contributed by atoms with van der Waals surface area (Å²) in [7, 11) is 1.23. The monoisotopic (exact) mass is 327 g/mol. The van der Waals surface area contributed by atoms with Crippen LogP contribution in [0.15, 0.2) is 41.3 Å². The Morgan fingerprint density at radius 2 is 2.10 bits per heavy atom. The number of hydrogen-bond acceptors (Lipinski definition) is 5. The number of ether oxygens (including phenoxy) is 1. The lowest BCUT2D eigenvalue weighted by molar-refractivity contribution is 0.0597. The Bertz CT molecular complexity index is 681. The number of anilines is 1. The van der Waals surface area contributed by atoms with Gasteiger partial charge in [-0.15, -0.1) is 0 Å². The quantitative estimate of drug-likeness (QED) is 0.654. The van der Waals surface area contributed by atoms with Gasteiger partial charge in [-0.3, -0.25) is 0 Å². The lowest BCUT2D eigenvalue weighted by Gasteiger charge is -2.09. The Hall–Kier alpha value is -1.92. The third kappa shape index (κ3) is 3.80. The van der Waals surface area contributed by atoms with Gasteiger partial charge in [0.05, 0.1) is 12.0 Å². The van der Waals surface area contributed by atoms with Crippen molar-refractivity contribution in [2.45, 2.75) is 4.90 Å². The molecule has 2 aromatic carbocycles. The highest BCUT2D eigenvalue weighted by Crippen LogP contribution is 2.29. The van der Waals surface area contributed by atoms with E-state index in [1.165, 1.54) is 37.4 Å². The Balaban J connectivity index is 2.12. The van der Waals surface area contributed by atoms with Crippen LogP contribution in [-0.2, 0) is 4.74 Å². The fourth-order valence-electron chi connectivity index (χ4n) is 1.55. The lowest BCUT2D eigenvalue weighted by Crippen LogP contribution is -2.01. The molecule has 0 aliphatic rings. The van der Waals surface area contributed by atoms with Gasteiger partial charge < -0.3 is 14.6 Å². The molecular weight excluding hydrogens is 317 g/mol. The van der Waals surface area contributed by atoms with Crippen LogP contribution in [0.4, 0.5) is 10.1 Å². The minimum atomic E-state index is -0.632. The van der Waals surface area contributed by atoms with Gasteiger partial charge in [-0.05, 0) is 42.3 Å². The van der Waals surface area contributed by atoms with E-state index in [0.29, 0.717) is 15.6 Å². The molecule has 0 aliphatic carbocycles. The number of phenolic OH excluding ortho intramolecular Hbond substituents is 1. The van der Waals surface area contributed by atoms with Crippen molar-refractivity contribution >= 4 is 35.2 Å². The van der Waals surface area contributed by atoms with Gasteiger partial charge in [0.1, 0.15) is 17.1 Å². The minimum Gasteiger partial charge on any atom is -0.507 e. The van der Waals surface area contributed by atoms with Gasteiger partial charge in [-0.25, -0.2) is 9.18 Å². The van der Waals surface area contributed by atoms with E-state index in [1.54, 1.807) is 6.07 Å². The van der Waals surface area contributed by atoms with Gasteiger partial charge in [0.25, 0.3) is 0 Å². The van der Waals surface area contributed by atoms with Gasteiger partial charge in [-0.2, -0.15) is 0 Å². The second-order valence-corrected chi connectivity index (χ2v) is 5.29. The van der Waals surface area contributed by atoms with Crippen molar-refractivity contribution in [3.05, 3.63) is 52.8 Å². The van der Waals surface area contributed by atoms with Crippen molar-refractivity contribution in [1.29, 1.82) is 0 Å². The highest BCUT2D eigenvalue weighted by Gasteiger charge is 2.12. The molecule has 2 rings (SSSR count). The molecule has 0 aromatic heterocycles. The number of methoxy groups -OCH3 is 1. The first kappa shape index (κ1) is 15.5. The topological polar surface area (TPSA) is 58.6 Å². The minimum absolute atomic E-state index is 0.0574. The molecule has 0 heterocycles. The van der Waals surface area contributed by atoms with E-state index in [2.05, 4.69) is 9.46 Å². The SMILES string of the molecule is COC(=O)c1ccc(NSc2cc(Cl)ccc2F)cc1O. The van der Waals surface area contributed by atoms with Gasteiger partial charge in [0.15, 0.2) is 0 Å². The third-order valence-electron chi connectivity index (χ3n) is 2.58. The molecule has 0 saturated heterocycles. The van der Waals surface area contributed by atoms with Crippen molar-refractivity contribution in [2.75, 3.05) is 11.8 Å². The van der Waals surface area contributed by atoms with Crippen LogP contribution in [0.3, 0.4) is 0 Å². The second kappa shape index (κ2) is 6.69. The first-order chi connectivity index (χ1) is 10.0. The van der Waals surface area contributed by atoms with E-state index in [0.717, 1.165) is 11.9 Å². The van der Waals surface area contributed by atoms with E-state index < -0.39 is 11.8 Å². The van der Waals surface area contributed by atoms with E-state index in [1.807, 2.05) is 0 Å². The molecule has 0 amide bonds. The van der Waals surface area contributed by atoms with Crippen LogP contribution in [0.1, 0.15) is 10.4 Å². The van der Waals surface area contributed by atoms with Crippen LogP contribution < -0.4 is 4.72 Å². The standard InChI is InChI=1S/C14H11ClFNO3S/c1-20-14(19)10-4-3-9(7-12(10)18)17-21-13-6-8(15)2-5-11(13)16/h2-7,17-18H,1H3. The summed E-state index contributed by atoms with van der Waals surface area (Å²) in [6.07, 6.45) is 0. The average molecular weight is 328 g/mol. The molecule has 2 aromatic rings. The normalized spacial score (nSPS) is 10.2. The van der Waals surface area contributed by atoms with Crippen molar-refractivity contribution in [3.63, 3.8) is 0 Å². The summed E-state index contributed by atoms with van der Waals surface area (Å²) >= 11 is 6.80. The molecule has 0 aliphatic heterocycles. The van der Waals surface area contributed by atoms with E-state index in [-0.39, 0.29) is 11.3 Å². The van der Waals surface area contributed by atoms with Crippen LogP contribution >= 0.6 is 23.5 Å². The van der Waals surface area contributed by atoms with E-state index >= 15 is 0 Å². The zero-order valence-electron chi connectivity index (χ0n) is 10.9. The summed E-state index contributed by atoms with van der Waals surface area (Å²) in [5.74, 6) is -1.26. The predicted molar refractivity (Wildman–Crippen MR) is 80.3 cm³/mol. The van der Waals surface area contributed by atoms with Crippen molar-refractivity contribution in [1.82, 2.24) is 0 Å². The number of rotatable bonds is 4. The van der Waals surface area contributed by atoms with Crippen molar-refractivity contribution < 1.29 is 19.0 Å². The predicted octanol–water partition coefficient (Wildman–Crippen LogP) is 4.09. The number of benzene rings is 2. The number of carbonyl (C=O) groups is 1. The zero-order chi connectivity index (χ0) is 15.4. The largest absolute Gasteiger partial charge is 0.507 e. The van der Waals surface area contributed by atoms with Gasteiger partial charge >= 0.3 is 5.97 Å². The number of hydrogen-bond donors (Lipinski definition) is 2. The van der Waals surface area contributed by atoms with Crippen LogP contribution in [0.5, 0.6) is 5.75 Å². The van der Waals surface area contributed by atoms with E-state index in [9.17, 15) is 14.3 Å². The third-order valence-corrected chi connectivity index (χ3v) is 3.68. The zero-order valence-corrected chi connectivity index (χ0v) is 12.5. The summed E-state index contributed by atoms with van der Waals surface area (Å²) in [6, 6.07) is 8.54. The summed E-state index contributed by atoms with van der Waals surface area (Å²) in [5, 5.41) is 10.2. The molecule has 110 valence electrons. The molecule has 0 saturated carbocycles. The summed E-state index contributed by atoms with van der Waals surface area (Å²) in [4.78, 5) is 11.7. The molecule has 0 radical (unpaired) electrons. The average Bonchev–Trinajstić information content (AvgIpc) is 2.47. The van der Waals surface area contributed by atoms with Crippen molar-refractivity contribution in [2.24, 2.45) is 0 Å². The smallest absolute Gasteiger partial charge is 0.341 e. The highest BCUT2D eigenvalue weighted by molar-refractivity contribution is 8.00. The lowest BCUT2D eigenvalue weighted by atomic mass is 10.2. The van der Waals surface area contributed by atoms with Crippen LogP contribution in [-0.4, -0.2) is 18.2 Å². The second-order valence-electron chi connectivity index (χ2n) is 4.00. The number of carbonyl (C=O) groups excluding carboxylic acids is 1. The molecule has 0 spiro atoms. The van der Waals surface area contributed by atoms with Crippen LogP contribution in [0.2, 0.25) is 5.02 Å². The molecule has 0 unspecified atom stereocenters. The molecular formula is C14H11ClFNO3S. The van der Waals surface area contributed by atoms with Gasteiger partial charge in [0.2, 0.25) is 0 Å². The first-order valence-corrected chi connectivity index (χ1v) is 7.00. The highest BCUT2D eigenvalue weighted by atomic mass is 35.5. The fourth-order valence-corrected chi connectivity index (χ4v) is 2.49. The van der Waals surface area contributed by atoms with Gasteiger partial charge in [-0.1, -0.05) is 11.6 Å². The molecule has 0 atom stereocenters. The number of halogens is 2. The maximum absolute atomic E-state index is 13.5. The molecule has 21 heavy (non-hydrogen) atoms. The first-order valence-electron chi connectivity index (χ1n) is 5.80. The Morgan fingerprint density at radius 1 is 1.33 bits per heavy atom. The number of aromatic hydroxyl groups is 1. The Kier molecular flexibility index (Phi) is 4.93. The number of phenols is 1. The van der Waals surface area contributed by atoms with Gasteiger partial charge in [0, 0.05) is 16.8 Å². The molecule has 7 heteroatoms. The summed E-state index contributed by atoms with van der Waals surface area (Å²) in [5.41, 5.74) is 0.562. The Labute approximate surface area is 130 Å². The Morgan fingerprint density at radius 3 is 2.76 bits per heavy atom. The summed E-state index contributed by atoms with van der Waals surface area (Å²) in [6.45, 7) is 0. The van der Waals surface area contributed by atoms with Crippen LogP contribution in [0.25, 0.3) is 0 Å². The molecule has 0 fully saturated rings. The molecule has 2 N–H and O–H groups in total.